The number of hydrogen-bond acceptors (Lipinski definition) is 5. The van der Waals surface area contributed by atoms with E-state index in [2.05, 4.69) is 10.2 Å². The zero-order valence-corrected chi connectivity index (χ0v) is 18.4. The van der Waals surface area contributed by atoms with E-state index in [1.807, 2.05) is 35.2 Å². The lowest BCUT2D eigenvalue weighted by molar-refractivity contribution is -0.136. The van der Waals surface area contributed by atoms with Crippen LogP contribution in [-0.2, 0) is 19.1 Å². The van der Waals surface area contributed by atoms with Crippen molar-refractivity contribution in [2.75, 3.05) is 53.0 Å². The number of nitrogens with zero attached hydrogens (tertiary/aromatic N) is 3. The Balaban J connectivity index is 1.51. The van der Waals surface area contributed by atoms with Gasteiger partial charge in [-0.3, -0.25) is 19.3 Å². The second kappa shape index (κ2) is 11.1. The van der Waals surface area contributed by atoms with Crippen molar-refractivity contribution in [3.05, 3.63) is 41.6 Å². The van der Waals surface area contributed by atoms with E-state index in [0.717, 1.165) is 17.5 Å². The molecule has 1 unspecified atom stereocenters. The lowest BCUT2D eigenvalue weighted by atomic mass is 9.93. The number of carbonyl (C=O) groups is 3. The van der Waals surface area contributed by atoms with Crippen LogP contribution < -0.4 is 5.32 Å². The van der Waals surface area contributed by atoms with E-state index in [4.69, 9.17) is 4.74 Å². The highest BCUT2D eigenvalue weighted by Gasteiger charge is 2.31. The molecule has 1 aromatic rings. The summed E-state index contributed by atoms with van der Waals surface area (Å²) in [4.78, 5) is 42.8. The van der Waals surface area contributed by atoms with E-state index in [9.17, 15) is 14.4 Å². The Labute approximate surface area is 183 Å². The molecule has 3 amide bonds. The number of rotatable bonds is 8. The lowest BCUT2D eigenvalue weighted by Crippen LogP contribution is -2.51. The van der Waals surface area contributed by atoms with E-state index in [1.54, 1.807) is 18.2 Å². The van der Waals surface area contributed by atoms with Crippen LogP contribution in [0.1, 0.15) is 36.9 Å². The summed E-state index contributed by atoms with van der Waals surface area (Å²) in [6.45, 7) is 5.59. The van der Waals surface area contributed by atoms with Crippen LogP contribution >= 0.6 is 0 Å². The molecule has 3 rings (SSSR count). The Bertz CT molecular complexity index is 818. The molecule has 2 aliphatic heterocycles. The third kappa shape index (κ3) is 6.15. The molecule has 0 radical (unpaired) electrons. The number of ether oxygens (including phenoxy) is 1. The lowest BCUT2D eigenvalue weighted by Gasteiger charge is -2.37. The van der Waals surface area contributed by atoms with Gasteiger partial charge in [0.1, 0.15) is 0 Å². The highest BCUT2D eigenvalue weighted by atomic mass is 16.5. The molecule has 0 saturated carbocycles. The summed E-state index contributed by atoms with van der Waals surface area (Å²) in [5.41, 5.74) is 2.04. The molecule has 2 heterocycles. The van der Waals surface area contributed by atoms with Crippen molar-refractivity contribution >= 4 is 23.8 Å². The molecule has 31 heavy (non-hydrogen) atoms. The van der Waals surface area contributed by atoms with Gasteiger partial charge < -0.3 is 19.9 Å². The minimum Gasteiger partial charge on any atom is -0.385 e. The maximum Gasteiger partial charge on any atom is 0.234 e. The Morgan fingerprint density at radius 3 is 2.58 bits per heavy atom. The highest BCUT2D eigenvalue weighted by Crippen LogP contribution is 2.33. The number of benzene rings is 1. The first kappa shape index (κ1) is 23.0. The van der Waals surface area contributed by atoms with Gasteiger partial charge >= 0.3 is 0 Å². The second-order valence-corrected chi connectivity index (χ2v) is 7.94. The van der Waals surface area contributed by atoms with Crippen LogP contribution in [0.4, 0.5) is 0 Å². The molecule has 8 heteroatoms. The van der Waals surface area contributed by atoms with Crippen LogP contribution in [-0.4, -0.2) is 85.4 Å². The number of fused-ring (bicyclic) bond motifs is 1. The van der Waals surface area contributed by atoms with Crippen LogP contribution in [0.5, 0.6) is 0 Å². The summed E-state index contributed by atoms with van der Waals surface area (Å²) in [6, 6.07) is 7.59. The molecule has 0 bridgehead atoms. The van der Waals surface area contributed by atoms with Crippen molar-refractivity contribution in [1.82, 2.24) is 20.0 Å². The first-order valence-electron chi connectivity index (χ1n) is 10.8. The summed E-state index contributed by atoms with van der Waals surface area (Å²) in [7, 11) is 1.64. The molecular weight excluding hydrogens is 396 g/mol. The smallest absolute Gasteiger partial charge is 0.234 e. The van der Waals surface area contributed by atoms with Gasteiger partial charge in [-0.15, -0.1) is 0 Å². The summed E-state index contributed by atoms with van der Waals surface area (Å²) in [5.74, 6) is -0.0477. The number of carbonyl (C=O) groups excluding carboxylic acids is 3. The predicted octanol–water partition coefficient (Wildman–Crippen LogP) is 1.25. The van der Waals surface area contributed by atoms with E-state index in [1.165, 1.54) is 6.92 Å². The van der Waals surface area contributed by atoms with Gasteiger partial charge in [0.15, 0.2) is 0 Å². The topological polar surface area (TPSA) is 82.2 Å². The van der Waals surface area contributed by atoms with Gasteiger partial charge in [0.05, 0.1) is 19.0 Å². The van der Waals surface area contributed by atoms with Gasteiger partial charge in [-0.05, 0) is 23.6 Å². The largest absolute Gasteiger partial charge is 0.385 e. The number of hydrogen-bond donors (Lipinski definition) is 1. The summed E-state index contributed by atoms with van der Waals surface area (Å²) < 4.78 is 4.98. The Morgan fingerprint density at radius 2 is 1.87 bits per heavy atom. The fourth-order valence-electron chi connectivity index (χ4n) is 4.07. The Hall–Kier alpha value is -2.71. The number of nitrogens with one attached hydrogen (secondary N) is 1. The van der Waals surface area contributed by atoms with E-state index < -0.39 is 0 Å². The minimum absolute atomic E-state index is 0.00132. The Morgan fingerprint density at radius 1 is 1.13 bits per heavy atom. The van der Waals surface area contributed by atoms with Crippen molar-refractivity contribution in [1.29, 1.82) is 0 Å². The SMILES string of the molecule is COCCCNC(=O)CN1CCN(C(=O)CC2c3ccccc3C=CN2C(C)=O)CC1. The van der Waals surface area contributed by atoms with Crippen molar-refractivity contribution in [2.45, 2.75) is 25.8 Å². The maximum absolute atomic E-state index is 13.0. The van der Waals surface area contributed by atoms with Crippen LogP contribution in [0.15, 0.2) is 30.5 Å². The predicted molar refractivity (Wildman–Crippen MR) is 118 cm³/mol. The van der Waals surface area contributed by atoms with Gasteiger partial charge in [-0.2, -0.15) is 0 Å². The zero-order chi connectivity index (χ0) is 22.2. The van der Waals surface area contributed by atoms with E-state index in [-0.39, 0.29) is 30.2 Å². The number of methoxy groups -OCH3 is 1. The van der Waals surface area contributed by atoms with Crippen LogP contribution in [0.2, 0.25) is 0 Å². The van der Waals surface area contributed by atoms with Crippen LogP contribution in [0.25, 0.3) is 6.08 Å². The van der Waals surface area contributed by atoms with Crippen molar-refractivity contribution in [3.63, 3.8) is 0 Å². The molecule has 0 aromatic heterocycles. The molecule has 8 nitrogen and oxygen atoms in total. The van der Waals surface area contributed by atoms with Crippen LogP contribution in [0.3, 0.4) is 0 Å². The molecule has 0 spiro atoms. The first-order valence-corrected chi connectivity index (χ1v) is 10.8. The monoisotopic (exact) mass is 428 g/mol. The summed E-state index contributed by atoms with van der Waals surface area (Å²) in [6.07, 6.45) is 4.73. The average Bonchev–Trinajstić information content (AvgIpc) is 2.77. The third-order valence-electron chi connectivity index (χ3n) is 5.78. The summed E-state index contributed by atoms with van der Waals surface area (Å²) >= 11 is 0. The molecule has 1 N–H and O–H groups in total. The highest BCUT2D eigenvalue weighted by molar-refractivity contribution is 5.82. The van der Waals surface area contributed by atoms with Gasteiger partial charge in [-0.1, -0.05) is 24.3 Å². The van der Waals surface area contributed by atoms with Gasteiger partial charge in [0.2, 0.25) is 17.7 Å². The van der Waals surface area contributed by atoms with Gasteiger partial charge in [-0.25, -0.2) is 0 Å². The molecule has 2 aliphatic rings. The van der Waals surface area contributed by atoms with E-state index in [0.29, 0.717) is 45.9 Å². The third-order valence-corrected chi connectivity index (χ3v) is 5.78. The van der Waals surface area contributed by atoms with Crippen LogP contribution in [0, 0.1) is 0 Å². The van der Waals surface area contributed by atoms with Gasteiger partial charge in [0, 0.05) is 59.6 Å². The fraction of sp³-hybridized carbons (Fsp3) is 0.522. The van der Waals surface area contributed by atoms with Gasteiger partial charge in [0.25, 0.3) is 0 Å². The van der Waals surface area contributed by atoms with E-state index >= 15 is 0 Å². The number of amides is 3. The molecular formula is C23H32N4O4. The molecule has 168 valence electrons. The molecule has 1 atom stereocenters. The molecule has 1 aromatic carbocycles. The first-order chi connectivity index (χ1) is 15.0. The zero-order valence-electron chi connectivity index (χ0n) is 18.4. The van der Waals surface area contributed by atoms with Crippen molar-refractivity contribution < 1.29 is 19.1 Å². The Kier molecular flexibility index (Phi) is 8.20. The molecule has 1 saturated heterocycles. The maximum atomic E-state index is 13.0. The fourth-order valence-corrected chi connectivity index (χ4v) is 4.07. The standard InChI is InChI=1S/C23H32N4O4/c1-18(28)27-10-8-19-6-3-4-7-20(19)21(27)16-23(30)26-13-11-25(12-14-26)17-22(29)24-9-5-15-31-2/h3-4,6-8,10,21H,5,9,11-17H2,1-2H3,(H,24,29). The quantitative estimate of drug-likeness (QED) is 0.630. The van der Waals surface area contributed by atoms with Crippen molar-refractivity contribution in [3.8, 4) is 0 Å². The average molecular weight is 429 g/mol. The molecule has 0 aliphatic carbocycles. The van der Waals surface area contributed by atoms with Crippen molar-refractivity contribution in [2.24, 2.45) is 0 Å². The number of piperazine rings is 1. The molecule has 1 fully saturated rings. The summed E-state index contributed by atoms with van der Waals surface area (Å²) in [5, 5.41) is 2.89. The normalized spacial score (nSPS) is 18.6. The minimum atomic E-state index is -0.290. The second-order valence-electron chi connectivity index (χ2n) is 7.94.